The molecule has 6 heteroatoms. The molecule has 0 aliphatic heterocycles. The van der Waals surface area contributed by atoms with E-state index >= 15 is 0 Å². The summed E-state index contributed by atoms with van der Waals surface area (Å²) in [6.07, 6.45) is 5.25. The molecule has 0 radical (unpaired) electrons. The standard InChI is InChI=1S/C43H30N6/c1-29-12-13-36(27-45-29)30-14-16-31(17-15-30)37-24-38(32-18-20-33(21-19-32)40-22-23-44-28-46-40)26-39(25-37)43-48-41(34-8-4-2-5-9-34)47-42(49-43)35-10-6-3-7-11-35/h2-28H,1H3. The highest BCUT2D eigenvalue weighted by Gasteiger charge is 2.15. The Bertz CT molecular complexity index is 2280. The van der Waals surface area contributed by atoms with Gasteiger partial charge in [0.1, 0.15) is 6.33 Å². The lowest BCUT2D eigenvalue weighted by molar-refractivity contribution is 1.07. The predicted octanol–water partition coefficient (Wildman–Crippen LogP) is 10.0. The van der Waals surface area contributed by atoms with Gasteiger partial charge in [-0.15, -0.1) is 0 Å². The Labute approximate surface area is 285 Å². The monoisotopic (exact) mass is 630 g/mol. The van der Waals surface area contributed by atoms with Crippen LogP contribution in [0.15, 0.2) is 164 Å². The summed E-state index contributed by atoms with van der Waals surface area (Å²) in [4.78, 5) is 28.0. The fourth-order valence-electron chi connectivity index (χ4n) is 5.82. The summed E-state index contributed by atoms with van der Waals surface area (Å²) in [7, 11) is 0. The normalized spacial score (nSPS) is 11.0. The van der Waals surface area contributed by atoms with Crippen LogP contribution in [-0.4, -0.2) is 29.9 Å². The Morgan fingerprint density at radius 2 is 0.837 bits per heavy atom. The first kappa shape index (κ1) is 29.7. The summed E-state index contributed by atoms with van der Waals surface area (Å²) in [6, 6.07) is 49.8. The number of hydrogen-bond acceptors (Lipinski definition) is 6. The third-order valence-corrected chi connectivity index (χ3v) is 8.45. The molecule has 3 aromatic heterocycles. The van der Waals surface area contributed by atoms with E-state index in [0.717, 1.165) is 67.0 Å². The molecule has 8 rings (SSSR count). The van der Waals surface area contributed by atoms with E-state index in [1.807, 2.05) is 85.9 Å². The Morgan fingerprint density at radius 1 is 0.367 bits per heavy atom. The molecular weight excluding hydrogens is 601 g/mol. The van der Waals surface area contributed by atoms with Gasteiger partial charge in [0.25, 0.3) is 0 Å². The molecule has 3 heterocycles. The van der Waals surface area contributed by atoms with Crippen LogP contribution in [0.25, 0.3) is 78.8 Å². The lowest BCUT2D eigenvalue weighted by Gasteiger charge is -2.13. The molecular formula is C43H30N6. The van der Waals surface area contributed by atoms with Crippen molar-refractivity contribution in [1.82, 2.24) is 29.9 Å². The minimum Gasteiger partial charge on any atom is -0.261 e. The zero-order chi connectivity index (χ0) is 33.0. The van der Waals surface area contributed by atoms with E-state index in [2.05, 4.69) is 87.7 Å². The van der Waals surface area contributed by atoms with Crippen molar-refractivity contribution in [2.45, 2.75) is 6.92 Å². The molecule has 0 atom stereocenters. The molecule has 0 fully saturated rings. The van der Waals surface area contributed by atoms with Crippen LogP contribution in [0.5, 0.6) is 0 Å². The highest BCUT2D eigenvalue weighted by molar-refractivity contribution is 5.82. The second-order valence-electron chi connectivity index (χ2n) is 11.8. The van der Waals surface area contributed by atoms with Gasteiger partial charge in [-0.3, -0.25) is 4.98 Å². The molecule has 0 N–H and O–H groups in total. The van der Waals surface area contributed by atoms with Gasteiger partial charge in [-0.05, 0) is 65.1 Å². The SMILES string of the molecule is Cc1ccc(-c2ccc(-c3cc(-c4ccc(-c5ccncn5)cc4)cc(-c4nc(-c5ccccc5)nc(-c5ccccc5)n4)c3)cc2)cn1. The van der Waals surface area contributed by atoms with Crippen LogP contribution < -0.4 is 0 Å². The predicted molar refractivity (Wildman–Crippen MR) is 196 cm³/mol. The molecule has 0 unspecified atom stereocenters. The minimum absolute atomic E-state index is 0.607. The summed E-state index contributed by atoms with van der Waals surface area (Å²) in [5.74, 6) is 1.86. The van der Waals surface area contributed by atoms with Crippen molar-refractivity contribution in [3.63, 3.8) is 0 Å². The van der Waals surface area contributed by atoms with Crippen LogP contribution in [0.4, 0.5) is 0 Å². The average Bonchev–Trinajstić information content (AvgIpc) is 3.19. The largest absolute Gasteiger partial charge is 0.261 e. The van der Waals surface area contributed by atoms with Gasteiger partial charge < -0.3 is 0 Å². The molecule has 0 saturated heterocycles. The van der Waals surface area contributed by atoms with Crippen molar-refractivity contribution in [2.75, 3.05) is 0 Å². The average molecular weight is 631 g/mol. The molecule has 0 amide bonds. The van der Waals surface area contributed by atoms with Crippen LogP contribution in [-0.2, 0) is 0 Å². The second-order valence-corrected chi connectivity index (χ2v) is 11.8. The van der Waals surface area contributed by atoms with E-state index in [0.29, 0.717) is 17.5 Å². The van der Waals surface area contributed by atoms with Gasteiger partial charge in [0.05, 0.1) is 5.69 Å². The quantitative estimate of drug-likeness (QED) is 0.174. The number of hydrogen-bond donors (Lipinski definition) is 0. The van der Waals surface area contributed by atoms with E-state index in [1.54, 1.807) is 12.5 Å². The Morgan fingerprint density at radius 3 is 1.33 bits per heavy atom. The number of aromatic nitrogens is 6. The van der Waals surface area contributed by atoms with Crippen molar-refractivity contribution in [3.05, 3.63) is 170 Å². The molecule has 0 saturated carbocycles. The van der Waals surface area contributed by atoms with Crippen molar-refractivity contribution in [1.29, 1.82) is 0 Å². The zero-order valence-electron chi connectivity index (χ0n) is 26.8. The number of benzene rings is 5. The van der Waals surface area contributed by atoms with Gasteiger partial charge in [-0.25, -0.2) is 24.9 Å². The summed E-state index contributed by atoms with van der Waals surface area (Å²) in [6.45, 7) is 2.00. The van der Waals surface area contributed by atoms with E-state index in [1.165, 1.54) is 0 Å². The smallest absolute Gasteiger partial charge is 0.164 e. The van der Waals surface area contributed by atoms with Crippen LogP contribution in [0, 0.1) is 6.92 Å². The third-order valence-electron chi connectivity index (χ3n) is 8.45. The molecule has 0 aliphatic rings. The maximum absolute atomic E-state index is 5.04. The highest BCUT2D eigenvalue weighted by atomic mass is 15.0. The van der Waals surface area contributed by atoms with E-state index in [9.17, 15) is 0 Å². The summed E-state index contributed by atoms with van der Waals surface area (Å²) in [5.41, 5.74) is 12.1. The highest BCUT2D eigenvalue weighted by Crippen LogP contribution is 2.35. The van der Waals surface area contributed by atoms with Gasteiger partial charge >= 0.3 is 0 Å². The summed E-state index contributed by atoms with van der Waals surface area (Å²) in [5, 5.41) is 0. The minimum atomic E-state index is 0.607. The van der Waals surface area contributed by atoms with Crippen LogP contribution in [0.1, 0.15) is 5.69 Å². The number of nitrogens with zero attached hydrogens (tertiary/aromatic N) is 6. The fraction of sp³-hybridized carbons (Fsp3) is 0.0233. The van der Waals surface area contributed by atoms with Crippen molar-refractivity contribution < 1.29 is 0 Å². The molecule has 5 aromatic carbocycles. The topological polar surface area (TPSA) is 77.3 Å². The Hall–Kier alpha value is -6.66. The summed E-state index contributed by atoms with van der Waals surface area (Å²) < 4.78 is 0. The molecule has 232 valence electrons. The maximum Gasteiger partial charge on any atom is 0.164 e. The number of pyridine rings is 1. The fourth-order valence-corrected chi connectivity index (χ4v) is 5.82. The maximum atomic E-state index is 5.04. The van der Waals surface area contributed by atoms with E-state index in [-0.39, 0.29) is 0 Å². The molecule has 0 aliphatic carbocycles. The van der Waals surface area contributed by atoms with Crippen LogP contribution >= 0.6 is 0 Å². The van der Waals surface area contributed by atoms with Crippen LogP contribution in [0.2, 0.25) is 0 Å². The third kappa shape index (κ3) is 6.48. The van der Waals surface area contributed by atoms with Crippen molar-refractivity contribution in [3.8, 4) is 78.8 Å². The van der Waals surface area contributed by atoms with E-state index in [4.69, 9.17) is 15.0 Å². The van der Waals surface area contributed by atoms with Crippen LogP contribution in [0.3, 0.4) is 0 Å². The van der Waals surface area contributed by atoms with Gasteiger partial charge in [0, 0.05) is 45.9 Å². The lowest BCUT2D eigenvalue weighted by atomic mass is 9.94. The lowest BCUT2D eigenvalue weighted by Crippen LogP contribution is -2.00. The van der Waals surface area contributed by atoms with Gasteiger partial charge in [-0.2, -0.15) is 0 Å². The first-order valence-electron chi connectivity index (χ1n) is 16.1. The van der Waals surface area contributed by atoms with Gasteiger partial charge in [-0.1, -0.05) is 115 Å². The number of rotatable bonds is 7. The molecule has 8 aromatic rings. The molecule has 6 nitrogen and oxygen atoms in total. The van der Waals surface area contributed by atoms with Gasteiger partial charge in [0.15, 0.2) is 17.5 Å². The first-order valence-corrected chi connectivity index (χ1v) is 16.1. The number of aryl methyl sites for hydroxylation is 1. The molecule has 0 spiro atoms. The van der Waals surface area contributed by atoms with Crippen molar-refractivity contribution in [2.24, 2.45) is 0 Å². The first-order chi connectivity index (χ1) is 24.2. The second kappa shape index (κ2) is 13.2. The summed E-state index contributed by atoms with van der Waals surface area (Å²) >= 11 is 0. The van der Waals surface area contributed by atoms with E-state index < -0.39 is 0 Å². The van der Waals surface area contributed by atoms with Gasteiger partial charge in [0.2, 0.25) is 0 Å². The van der Waals surface area contributed by atoms with Crippen molar-refractivity contribution >= 4 is 0 Å². The zero-order valence-corrected chi connectivity index (χ0v) is 26.8. The molecule has 49 heavy (non-hydrogen) atoms. The molecule has 0 bridgehead atoms. The Kier molecular flexibility index (Phi) is 8.02. The Balaban J connectivity index is 1.27.